The van der Waals surface area contributed by atoms with E-state index < -0.39 is 0 Å². The summed E-state index contributed by atoms with van der Waals surface area (Å²) < 4.78 is 1.65. The molecule has 2 N–H and O–H groups in total. The zero-order valence-corrected chi connectivity index (χ0v) is 17.0. The number of benzene rings is 2. The van der Waals surface area contributed by atoms with Crippen molar-refractivity contribution in [3.8, 4) is 0 Å². The maximum Gasteiger partial charge on any atom is 0.286 e. The van der Waals surface area contributed by atoms with Crippen LogP contribution < -0.4 is 15.2 Å². The lowest BCUT2D eigenvalue weighted by molar-refractivity contribution is -0.684. The van der Waals surface area contributed by atoms with Crippen molar-refractivity contribution in [2.24, 2.45) is 0 Å². The predicted octanol–water partition coefficient (Wildman–Crippen LogP) is 2.58. The highest BCUT2D eigenvalue weighted by Gasteiger charge is 2.14. The van der Waals surface area contributed by atoms with E-state index in [-0.39, 0.29) is 30.7 Å². The van der Waals surface area contributed by atoms with Crippen molar-refractivity contribution >= 4 is 23.3 Å². The summed E-state index contributed by atoms with van der Waals surface area (Å²) in [6.45, 7) is 3.78. The number of carbonyl (C=O) groups is 3. The molecule has 0 unspecified atom stereocenters. The van der Waals surface area contributed by atoms with Crippen LogP contribution in [0.1, 0.15) is 27.0 Å². The fourth-order valence-electron chi connectivity index (χ4n) is 3.07. The van der Waals surface area contributed by atoms with Gasteiger partial charge in [0.2, 0.25) is 12.5 Å². The molecule has 0 saturated carbocycles. The maximum absolute atomic E-state index is 12.4. The average molecular weight is 402 g/mol. The Morgan fingerprint density at radius 2 is 1.37 bits per heavy atom. The molecular formula is C24H24N3O3+. The molecule has 3 rings (SSSR count). The first-order chi connectivity index (χ1) is 14.4. The third kappa shape index (κ3) is 5.38. The van der Waals surface area contributed by atoms with Crippen LogP contribution in [0, 0.1) is 13.8 Å². The van der Waals surface area contributed by atoms with Gasteiger partial charge in [0.25, 0.3) is 5.91 Å². The molecule has 0 radical (unpaired) electrons. The van der Waals surface area contributed by atoms with Crippen LogP contribution in [0.3, 0.4) is 0 Å². The second kappa shape index (κ2) is 9.60. The van der Waals surface area contributed by atoms with Gasteiger partial charge in [0, 0.05) is 28.9 Å². The summed E-state index contributed by atoms with van der Waals surface area (Å²) in [5.74, 6) is -0.649. The summed E-state index contributed by atoms with van der Waals surface area (Å²) >= 11 is 0. The highest BCUT2D eigenvalue weighted by molar-refractivity contribution is 6.08. The minimum Gasteiger partial charge on any atom is -0.342 e. The molecule has 2 amide bonds. The normalized spacial score (nSPS) is 10.3. The number of ketones is 1. The van der Waals surface area contributed by atoms with E-state index in [1.165, 1.54) is 0 Å². The predicted molar refractivity (Wildman–Crippen MR) is 114 cm³/mol. The number of carbonyl (C=O) groups excluding carboxylic acids is 3. The quantitative estimate of drug-likeness (QED) is 0.471. The van der Waals surface area contributed by atoms with Crippen molar-refractivity contribution in [3.63, 3.8) is 0 Å². The number of hydrogen-bond acceptors (Lipinski definition) is 3. The van der Waals surface area contributed by atoms with Gasteiger partial charge >= 0.3 is 0 Å². The van der Waals surface area contributed by atoms with Crippen LogP contribution in [0.4, 0.5) is 5.69 Å². The number of aromatic nitrogens is 1. The molecule has 6 heteroatoms. The van der Waals surface area contributed by atoms with Crippen LogP contribution in [0.2, 0.25) is 0 Å². The van der Waals surface area contributed by atoms with Crippen molar-refractivity contribution in [2.75, 3.05) is 11.9 Å². The maximum atomic E-state index is 12.4. The Morgan fingerprint density at radius 1 is 0.767 bits per heavy atom. The van der Waals surface area contributed by atoms with Gasteiger partial charge in [-0.15, -0.1) is 0 Å². The lowest BCUT2D eigenvalue weighted by Crippen LogP contribution is -2.44. The van der Waals surface area contributed by atoms with Crippen LogP contribution in [-0.4, -0.2) is 24.1 Å². The fourth-order valence-corrected chi connectivity index (χ4v) is 3.07. The molecule has 0 aliphatic carbocycles. The molecule has 0 atom stereocenters. The Bertz CT molecular complexity index is 1040. The Morgan fingerprint density at radius 3 is 2.00 bits per heavy atom. The molecule has 1 heterocycles. The van der Waals surface area contributed by atoms with Gasteiger partial charge in [-0.05, 0) is 25.0 Å². The fraction of sp³-hybridized carbons (Fsp3) is 0.167. The molecule has 152 valence electrons. The van der Waals surface area contributed by atoms with E-state index in [2.05, 4.69) is 10.6 Å². The van der Waals surface area contributed by atoms with E-state index in [1.807, 2.05) is 50.2 Å². The number of para-hydroxylation sites is 1. The molecule has 0 aliphatic heterocycles. The van der Waals surface area contributed by atoms with Crippen molar-refractivity contribution in [2.45, 2.75) is 20.4 Å². The van der Waals surface area contributed by atoms with Gasteiger partial charge in [0.05, 0.1) is 6.54 Å². The van der Waals surface area contributed by atoms with E-state index >= 15 is 0 Å². The second-order valence-corrected chi connectivity index (χ2v) is 7.05. The molecule has 0 fully saturated rings. The number of amides is 2. The number of rotatable bonds is 7. The molecular weight excluding hydrogens is 378 g/mol. The van der Waals surface area contributed by atoms with Gasteiger partial charge in [-0.25, -0.2) is 0 Å². The zero-order valence-electron chi connectivity index (χ0n) is 17.0. The van der Waals surface area contributed by atoms with Crippen molar-refractivity contribution in [3.05, 3.63) is 95.3 Å². The number of aryl methyl sites for hydroxylation is 2. The standard InChI is InChI=1S/C24H23N3O3/c1-17-7-6-8-18(2)23(17)26-21(28)15-25-22(29)16-27-13-11-20(12-14-27)24(30)19-9-4-3-5-10-19/h3-14H,15-16H2,1-2H3,(H-,25,26,28,29)/p+1. The van der Waals surface area contributed by atoms with Crippen molar-refractivity contribution in [1.82, 2.24) is 5.32 Å². The smallest absolute Gasteiger partial charge is 0.286 e. The number of pyridine rings is 1. The Kier molecular flexibility index (Phi) is 6.70. The summed E-state index contributed by atoms with van der Waals surface area (Å²) in [4.78, 5) is 36.7. The molecule has 30 heavy (non-hydrogen) atoms. The number of nitrogens with zero attached hydrogens (tertiary/aromatic N) is 1. The molecule has 2 aromatic carbocycles. The number of hydrogen-bond donors (Lipinski definition) is 2. The second-order valence-electron chi connectivity index (χ2n) is 7.05. The van der Waals surface area contributed by atoms with E-state index in [9.17, 15) is 14.4 Å². The summed E-state index contributed by atoms with van der Waals surface area (Å²) in [6, 6.07) is 18.1. The largest absolute Gasteiger partial charge is 0.342 e. The number of anilines is 1. The molecule has 0 saturated heterocycles. The van der Waals surface area contributed by atoms with E-state index in [0.29, 0.717) is 11.1 Å². The van der Waals surface area contributed by atoms with E-state index in [1.54, 1.807) is 41.2 Å². The lowest BCUT2D eigenvalue weighted by atomic mass is 10.0. The van der Waals surface area contributed by atoms with E-state index in [4.69, 9.17) is 0 Å². The first-order valence-corrected chi connectivity index (χ1v) is 9.65. The van der Waals surface area contributed by atoms with E-state index in [0.717, 1.165) is 16.8 Å². The molecule has 0 aliphatic rings. The first-order valence-electron chi connectivity index (χ1n) is 9.65. The Balaban J connectivity index is 1.51. The molecule has 3 aromatic rings. The van der Waals surface area contributed by atoms with Crippen LogP contribution in [0.25, 0.3) is 0 Å². The topological polar surface area (TPSA) is 79.2 Å². The lowest BCUT2D eigenvalue weighted by Gasteiger charge is -2.11. The third-order valence-corrected chi connectivity index (χ3v) is 4.71. The molecule has 6 nitrogen and oxygen atoms in total. The van der Waals surface area contributed by atoms with Gasteiger partial charge in [0.15, 0.2) is 18.2 Å². The Labute approximate surface area is 175 Å². The van der Waals surface area contributed by atoms with Gasteiger partial charge in [-0.3, -0.25) is 14.4 Å². The first kappa shape index (κ1) is 20.9. The van der Waals surface area contributed by atoms with Gasteiger partial charge in [-0.1, -0.05) is 48.5 Å². The summed E-state index contributed by atoms with van der Waals surface area (Å²) in [5.41, 5.74) is 3.87. The van der Waals surface area contributed by atoms with Crippen LogP contribution in [0.5, 0.6) is 0 Å². The molecule has 0 spiro atoms. The number of nitrogens with one attached hydrogen (secondary N) is 2. The minimum atomic E-state index is -0.293. The van der Waals surface area contributed by atoms with Crippen LogP contribution >= 0.6 is 0 Å². The summed E-state index contributed by atoms with van der Waals surface area (Å²) in [6.07, 6.45) is 3.35. The summed E-state index contributed by atoms with van der Waals surface area (Å²) in [5, 5.41) is 5.45. The Hall–Kier alpha value is -3.80. The SMILES string of the molecule is Cc1cccc(C)c1NC(=O)CNC(=O)C[n+]1ccc(C(=O)c2ccccc2)cc1. The van der Waals surface area contributed by atoms with Crippen molar-refractivity contribution in [1.29, 1.82) is 0 Å². The van der Waals surface area contributed by atoms with Crippen molar-refractivity contribution < 1.29 is 19.0 Å². The summed E-state index contributed by atoms with van der Waals surface area (Å²) in [7, 11) is 0. The molecule has 1 aromatic heterocycles. The van der Waals surface area contributed by atoms with Gasteiger partial charge < -0.3 is 10.6 Å². The van der Waals surface area contributed by atoms with Crippen LogP contribution in [0.15, 0.2) is 73.1 Å². The average Bonchev–Trinajstić information content (AvgIpc) is 2.75. The highest BCUT2D eigenvalue weighted by Crippen LogP contribution is 2.18. The van der Waals surface area contributed by atoms with Gasteiger partial charge in [-0.2, -0.15) is 4.57 Å². The molecule has 0 bridgehead atoms. The van der Waals surface area contributed by atoms with Gasteiger partial charge in [0.1, 0.15) is 0 Å². The highest BCUT2D eigenvalue weighted by atomic mass is 16.2. The minimum absolute atomic E-state index is 0.0521. The zero-order chi connectivity index (χ0) is 21.5. The van der Waals surface area contributed by atoms with Crippen LogP contribution in [-0.2, 0) is 16.1 Å². The monoisotopic (exact) mass is 402 g/mol. The third-order valence-electron chi connectivity index (χ3n) is 4.71.